The Morgan fingerprint density at radius 1 is 0.958 bits per heavy atom. The molecule has 0 radical (unpaired) electrons. The van der Waals surface area contributed by atoms with Crippen molar-refractivity contribution in [1.82, 2.24) is 0 Å². The number of halogens is 4. The first-order valence-corrected chi connectivity index (χ1v) is 9.24. The van der Waals surface area contributed by atoms with Gasteiger partial charge in [-0.2, -0.15) is 13.2 Å². The van der Waals surface area contributed by atoms with Gasteiger partial charge in [-0.05, 0) is 33.8 Å². The van der Waals surface area contributed by atoms with Crippen molar-refractivity contribution in [2.45, 2.75) is 12.8 Å². The molecule has 2 rings (SSSR count). The second-order valence-corrected chi connectivity index (χ2v) is 6.05. The van der Waals surface area contributed by atoms with Gasteiger partial charge >= 0.3 is 6.18 Å². The van der Waals surface area contributed by atoms with E-state index in [0.29, 0.717) is 23.5 Å². The molecule has 0 fully saturated rings. The third kappa shape index (κ3) is 4.27. The minimum Gasteiger partial charge on any atom is -0.496 e. The van der Waals surface area contributed by atoms with Crippen molar-refractivity contribution in [3.05, 3.63) is 47.5 Å². The van der Waals surface area contributed by atoms with Crippen LogP contribution in [0.2, 0.25) is 0 Å². The van der Waals surface area contributed by atoms with Gasteiger partial charge in [-0.3, -0.25) is 0 Å². The summed E-state index contributed by atoms with van der Waals surface area (Å²) in [6.07, 6.45) is -4.49. The Bertz CT molecular complexity index is 730. The Labute approximate surface area is 148 Å². The number of rotatable bonds is 6. The lowest BCUT2D eigenvalue weighted by Gasteiger charge is -2.15. The van der Waals surface area contributed by atoms with Crippen molar-refractivity contribution in [2.75, 3.05) is 14.2 Å². The molecule has 0 spiro atoms. The molecule has 0 N–H and O–H groups in total. The number of methoxy groups -OCH3 is 2. The van der Waals surface area contributed by atoms with E-state index in [1.54, 1.807) is 24.3 Å². The van der Waals surface area contributed by atoms with Gasteiger partial charge in [0.05, 0.1) is 26.4 Å². The van der Waals surface area contributed by atoms with E-state index in [1.165, 1.54) is 20.3 Å². The van der Waals surface area contributed by atoms with Crippen LogP contribution < -0.4 is 9.47 Å². The third-order valence-corrected chi connectivity index (χ3v) is 4.16. The highest BCUT2D eigenvalue weighted by Crippen LogP contribution is 2.39. The Morgan fingerprint density at radius 2 is 1.58 bits per heavy atom. The fourth-order valence-corrected chi connectivity index (χ4v) is 2.81. The Hall–Kier alpha value is -1.61. The monoisotopic (exact) mass is 452 g/mol. The number of benzene rings is 2. The van der Waals surface area contributed by atoms with E-state index in [0.717, 1.165) is 11.6 Å². The standard InChI is InChI=1S/C17H16F3IO3/c1-21-24-10-13-5-4-12(9-16(13)23-3)11-6-7-15(22-2)14(8-11)17(18,19)20/h4-9H,1,10H2,2-3H3. The average Bonchev–Trinajstić information content (AvgIpc) is 2.58. The van der Waals surface area contributed by atoms with Crippen molar-refractivity contribution < 1.29 is 25.7 Å². The van der Waals surface area contributed by atoms with E-state index in [1.807, 2.05) is 0 Å². The molecule has 0 heterocycles. The van der Waals surface area contributed by atoms with Gasteiger partial charge in [-0.1, -0.05) is 18.2 Å². The normalized spacial score (nSPS) is 11.4. The van der Waals surface area contributed by atoms with E-state index in [9.17, 15) is 13.2 Å². The molecule has 24 heavy (non-hydrogen) atoms. The summed E-state index contributed by atoms with van der Waals surface area (Å²) in [4.78, 5) is 0. The summed E-state index contributed by atoms with van der Waals surface area (Å²) in [7, 11) is 2.73. The van der Waals surface area contributed by atoms with Crippen molar-refractivity contribution in [3.63, 3.8) is 0 Å². The van der Waals surface area contributed by atoms with Gasteiger partial charge in [0.2, 0.25) is 0 Å². The first-order valence-electron chi connectivity index (χ1n) is 6.83. The summed E-state index contributed by atoms with van der Waals surface area (Å²) in [6.45, 7) is 0.372. The molecular formula is C17H16F3IO3. The predicted octanol–water partition coefficient (Wildman–Crippen LogP) is 5.22. The third-order valence-electron chi connectivity index (χ3n) is 3.41. The molecule has 0 aliphatic heterocycles. The second kappa shape index (κ2) is 7.98. The largest absolute Gasteiger partial charge is 0.496 e. The summed E-state index contributed by atoms with van der Waals surface area (Å²) in [5, 5.41) is 0. The smallest absolute Gasteiger partial charge is 0.419 e. The minimum absolute atomic E-state index is 0.206. The maximum atomic E-state index is 13.2. The van der Waals surface area contributed by atoms with E-state index in [-0.39, 0.29) is 5.75 Å². The predicted molar refractivity (Wildman–Crippen MR) is 95.9 cm³/mol. The summed E-state index contributed by atoms with van der Waals surface area (Å²) in [5.74, 6) is 0.358. The fraction of sp³-hybridized carbons (Fsp3) is 0.235. The van der Waals surface area contributed by atoms with Crippen LogP contribution in [0.3, 0.4) is 0 Å². The first kappa shape index (κ1) is 18.7. The molecule has 7 heteroatoms. The van der Waals surface area contributed by atoms with Crippen molar-refractivity contribution in [2.24, 2.45) is 0 Å². The number of hydrogen-bond donors (Lipinski definition) is 0. The maximum absolute atomic E-state index is 13.2. The molecule has 2 aromatic carbocycles. The zero-order chi connectivity index (χ0) is 17.7. The van der Waals surface area contributed by atoms with Gasteiger partial charge in [0.15, 0.2) is 0 Å². The lowest BCUT2D eigenvalue weighted by atomic mass is 10.0. The Balaban J connectivity index is 2.46. The molecule has 0 aliphatic carbocycles. The van der Waals surface area contributed by atoms with Crippen LogP contribution in [0.25, 0.3) is 11.1 Å². The molecule has 3 nitrogen and oxygen atoms in total. The number of alkyl halides is 3. The minimum atomic E-state index is -4.49. The van der Waals surface area contributed by atoms with Gasteiger partial charge in [-0.25, -0.2) is 0 Å². The van der Waals surface area contributed by atoms with Crippen LogP contribution in [-0.4, -0.2) is 18.7 Å². The van der Waals surface area contributed by atoms with Crippen LogP contribution >= 0.6 is 21.1 Å². The van der Waals surface area contributed by atoms with E-state index >= 15 is 0 Å². The van der Waals surface area contributed by atoms with Crippen molar-refractivity contribution in [3.8, 4) is 22.6 Å². The highest BCUT2D eigenvalue weighted by Gasteiger charge is 2.34. The van der Waals surface area contributed by atoms with Gasteiger partial charge in [-0.15, -0.1) is 0 Å². The molecule has 0 amide bonds. The highest BCUT2D eigenvalue weighted by atomic mass is 127. The number of hydrogen-bond acceptors (Lipinski definition) is 3. The van der Waals surface area contributed by atoms with Gasteiger partial charge in [0.1, 0.15) is 11.5 Å². The molecule has 2 aromatic rings. The molecule has 130 valence electrons. The summed E-state index contributed by atoms with van der Waals surface area (Å²) >= 11 is -0.557. The van der Waals surface area contributed by atoms with Gasteiger partial charge in [0, 0.05) is 26.7 Å². The zero-order valence-electron chi connectivity index (χ0n) is 13.1. The molecule has 0 bridgehead atoms. The molecular weight excluding hydrogens is 436 g/mol. The molecule has 0 atom stereocenters. The lowest BCUT2D eigenvalue weighted by molar-refractivity contribution is -0.138. The van der Waals surface area contributed by atoms with Crippen LogP contribution in [-0.2, 0) is 15.8 Å². The van der Waals surface area contributed by atoms with Crippen molar-refractivity contribution >= 4 is 25.7 Å². The Morgan fingerprint density at radius 3 is 2.17 bits per heavy atom. The van der Waals surface area contributed by atoms with E-state index in [2.05, 4.69) is 4.51 Å². The maximum Gasteiger partial charge on any atom is 0.419 e. The summed E-state index contributed by atoms with van der Waals surface area (Å²) < 4.78 is 58.6. The molecule has 0 aliphatic rings. The molecule has 0 unspecified atom stereocenters. The van der Waals surface area contributed by atoms with E-state index in [4.69, 9.17) is 12.5 Å². The van der Waals surface area contributed by atoms with Gasteiger partial charge < -0.3 is 12.5 Å². The molecule has 0 saturated heterocycles. The average molecular weight is 452 g/mol. The lowest BCUT2D eigenvalue weighted by Crippen LogP contribution is -2.07. The van der Waals surface area contributed by atoms with Crippen molar-refractivity contribution in [1.29, 1.82) is 0 Å². The van der Waals surface area contributed by atoms with E-state index < -0.39 is 32.9 Å². The topological polar surface area (TPSA) is 27.7 Å². The Kier molecular flexibility index (Phi) is 6.22. The highest BCUT2D eigenvalue weighted by molar-refractivity contribution is 14.2. The summed E-state index contributed by atoms with van der Waals surface area (Å²) in [6, 6.07) is 9.19. The van der Waals surface area contributed by atoms with Crippen LogP contribution in [0.4, 0.5) is 13.2 Å². The molecule has 0 saturated carbocycles. The van der Waals surface area contributed by atoms with Crippen LogP contribution in [0, 0.1) is 0 Å². The fourth-order valence-electron chi connectivity index (χ4n) is 2.25. The first-order chi connectivity index (χ1) is 11.4. The second-order valence-electron chi connectivity index (χ2n) is 4.80. The molecule has 0 aromatic heterocycles. The quantitative estimate of drug-likeness (QED) is 0.563. The summed E-state index contributed by atoms with van der Waals surface area (Å²) in [5.41, 5.74) is 1.07. The van der Waals surface area contributed by atoms with Gasteiger partial charge in [0.25, 0.3) is 0 Å². The van der Waals surface area contributed by atoms with Crippen LogP contribution in [0.5, 0.6) is 11.5 Å². The zero-order valence-corrected chi connectivity index (χ0v) is 15.3. The van der Waals surface area contributed by atoms with Crippen LogP contribution in [0.1, 0.15) is 11.1 Å². The van der Waals surface area contributed by atoms with Crippen LogP contribution in [0.15, 0.2) is 36.4 Å². The number of ether oxygens (including phenoxy) is 2. The SMILES string of the molecule is C=IOCc1ccc(-c2ccc(OC)c(C(F)(F)F)c2)cc1OC.